The van der Waals surface area contributed by atoms with E-state index in [1.165, 1.54) is 25.7 Å². The van der Waals surface area contributed by atoms with Gasteiger partial charge in [-0.15, -0.1) is 0 Å². The van der Waals surface area contributed by atoms with Gasteiger partial charge in [0.15, 0.2) is 0 Å². The van der Waals surface area contributed by atoms with Crippen LogP contribution >= 0.6 is 21.6 Å². The predicted octanol–water partition coefficient (Wildman–Crippen LogP) is 6.35. The lowest BCUT2D eigenvalue weighted by Crippen LogP contribution is -1.88. The fraction of sp³-hybridized carbons (Fsp3) is 0.750. The van der Waals surface area contributed by atoms with Gasteiger partial charge in [0.1, 0.15) is 0 Å². The SMILES string of the molecule is CCC(C)CC=CCSSCC=CCC(C)CC. The zero-order valence-corrected chi connectivity index (χ0v) is 14.2. The molecule has 0 spiro atoms. The maximum Gasteiger partial charge on any atom is 0.0217 e. The Kier molecular flexibility index (Phi) is 13.7. The van der Waals surface area contributed by atoms with Crippen molar-refractivity contribution in [1.82, 2.24) is 0 Å². The summed E-state index contributed by atoms with van der Waals surface area (Å²) in [6.07, 6.45) is 14.3. The van der Waals surface area contributed by atoms with Gasteiger partial charge in [0.2, 0.25) is 0 Å². The van der Waals surface area contributed by atoms with E-state index in [0.29, 0.717) is 0 Å². The first-order valence-corrected chi connectivity index (χ1v) is 9.73. The third-order valence-corrected chi connectivity index (χ3v) is 5.36. The standard InChI is InChI=1S/C16H30S2/c1-5-15(3)11-7-9-13-17-18-14-10-8-12-16(4)6-2/h7-10,15-16H,5-6,11-14H2,1-4H3. The minimum absolute atomic E-state index is 0.836. The Hall–Kier alpha value is 0.180. The lowest BCUT2D eigenvalue weighted by atomic mass is 10.1. The summed E-state index contributed by atoms with van der Waals surface area (Å²) in [5.41, 5.74) is 0. The van der Waals surface area contributed by atoms with Crippen molar-refractivity contribution in [2.45, 2.75) is 53.4 Å². The van der Waals surface area contributed by atoms with Crippen LogP contribution in [0.25, 0.3) is 0 Å². The van der Waals surface area contributed by atoms with E-state index in [4.69, 9.17) is 0 Å². The zero-order valence-electron chi connectivity index (χ0n) is 12.5. The Bertz CT molecular complexity index is 197. The van der Waals surface area contributed by atoms with E-state index < -0.39 is 0 Å². The monoisotopic (exact) mass is 286 g/mol. The first kappa shape index (κ1) is 18.2. The quantitative estimate of drug-likeness (QED) is 0.246. The summed E-state index contributed by atoms with van der Waals surface area (Å²) in [6.45, 7) is 9.15. The highest BCUT2D eigenvalue weighted by molar-refractivity contribution is 8.76. The molecule has 0 amide bonds. The van der Waals surface area contributed by atoms with Crippen LogP contribution in [-0.4, -0.2) is 11.5 Å². The van der Waals surface area contributed by atoms with Crippen molar-refractivity contribution < 1.29 is 0 Å². The highest BCUT2D eigenvalue weighted by atomic mass is 33.1. The van der Waals surface area contributed by atoms with Crippen molar-refractivity contribution in [3.63, 3.8) is 0 Å². The Morgan fingerprint density at radius 1 is 0.722 bits per heavy atom. The average molecular weight is 287 g/mol. The molecule has 18 heavy (non-hydrogen) atoms. The molecule has 0 aromatic rings. The van der Waals surface area contributed by atoms with Crippen molar-refractivity contribution in [3.05, 3.63) is 24.3 Å². The van der Waals surface area contributed by atoms with E-state index in [1.807, 2.05) is 21.6 Å². The zero-order chi connectivity index (χ0) is 13.6. The fourth-order valence-corrected chi connectivity index (χ4v) is 2.97. The first-order chi connectivity index (χ1) is 8.70. The maximum atomic E-state index is 2.33. The molecule has 0 heterocycles. The van der Waals surface area contributed by atoms with E-state index in [9.17, 15) is 0 Å². The van der Waals surface area contributed by atoms with E-state index >= 15 is 0 Å². The molecule has 2 heteroatoms. The van der Waals surface area contributed by atoms with Crippen LogP contribution in [0.5, 0.6) is 0 Å². The van der Waals surface area contributed by atoms with Crippen LogP contribution in [0.2, 0.25) is 0 Å². The fourth-order valence-electron chi connectivity index (χ4n) is 1.30. The van der Waals surface area contributed by atoms with Crippen LogP contribution in [0.3, 0.4) is 0 Å². The molecule has 2 unspecified atom stereocenters. The third kappa shape index (κ3) is 12.6. The van der Waals surface area contributed by atoms with Crippen molar-refractivity contribution in [2.75, 3.05) is 11.5 Å². The van der Waals surface area contributed by atoms with Gasteiger partial charge < -0.3 is 0 Å². The molecule has 0 aliphatic rings. The number of rotatable bonds is 11. The van der Waals surface area contributed by atoms with Crippen molar-refractivity contribution in [2.24, 2.45) is 11.8 Å². The van der Waals surface area contributed by atoms with Crippen LogP contribution in [0.4, 0.5) is 0 Å². The molecule has 0 radical (unpaired) electrons. The topological polar surface area (TPSA) is 0 Å². The second-order valence-corrected chi connectivity index (χ2v) is 7.56. The minimum Gasteiger partial charge on any atom is -0.0897 e. The molecule has 0 rings (SSSR count). The molecule has 0 aliphatic heterocycles. The van der Waals surface area contributed by atoms with Gasteiger partial charge in [-0.05, 0) is 24.7 Å². The van der Waals surface area contributed by atoms with Crippen molar-refractivity contribution in [1.29, 1.82) is 0 Å². The molecule has 0 aromatic heterocycles. The Labute approximate surface area is 122 Å². The molecule has 0 fully saturated rings. The Morgan fingerprint density at radius 2 is 1.11 bits per heavy atom. The molecule has 2 atom stereocenters. The number of allylic oxidation sites excluding steroid dienone is 2. The van der Waals surface area contributed by atoms with Crippen LogP contribution in [0, 0.1) is 11.8 Å². The summed E-state index contributed by atoms with van der Waals surface area (Å²) in [4.78, 5) is 0. The van der Waals surface area contributed by atoms with Crippen LogP contribution in [0.1, 0.15) is 53.4 Å². The summed E-state index contributed by atoms with van der Waals surface area (Å²) in [6, 6.07) is 0. The smallest absolute Gasteiger partial charge is 0.0217 e. The largest absolute Gasteiger partial charge is 0.0897 e. The van der Waals surface area contributed by atoms with Gasteiger partial charge in [-0.3, -0.25) is 0 Å². The van der Waals surface area contributed by atoms with Crippen LogP contribution in [-0.2, 0) is 0 Å². The second-order valence-electron chi connectivity index (χ2n) is 5.01. The van der Waals surface area contributed by atoms with Crippen LogP contribution in [0.15, 0.2) is 24.3 Å². The highest BCUT2D eigenvalue weighted by Crippen LogP contribution is 2.21. The molecule has 0 nitrogen and oxygen atoms in total. The molecule has 0 saturated carbocycles. The minimum atomic E-state index is 0.836. The van der Waals surface area contributed by atoms with Gasteiger partial charge in [0.05, 0.1) is 0 Å². The lowest BCUT2D eigenvalue weighted by Gasteiger charge is -2.02. The number of hydrogen-bond donors (Lipinski definition) is 0. The second kappa shape index (κ2) is 13.6. The summed E-state index contributed by atoms with van der Waals surface area (Å²) >= 11 is 0. The van der Waals surface area contributed by atoms with Gasteiger partial charge in [-0.1, -0.05) is 86.4 Å². The molecule has 0 aliphatic carbocycles. The predicted molar refractivity (Wildman–Crippen MR) is 91.3 cm³/mol. The highest BCUT2D eigenvalue weighted by Gasteiger charge is 1.94. The first-order valence-electron chi connectivity index (χ1n) is 7.25. The van der Waals surface area contributed by atoms with E-state index in [1.54, 1.807) is 0 Å². The summed E-state index contributed by atoms with van der Waals surface area (Å²) in [5, 5.41) is 0. The molecular weight excluding hydrogens is 256 g/mol. The average Bonchev–Trinajstić information content (AvgIpc) is 2.40. The maximum absolute atomic E-state index is 2.33. The van der Waals surface area contributed by atoms with Gasteiger partial charge in [-0.25, -0.2) is 0 Å². The lowest BCUT2D eigenvalue weighted by molar-refractivity contribution is 0.572. The van der Waals surface area contributed by atoms with Gasteiger partial charge in [0, 0.05) is 11.5 Å². The summed E-state index contributed by atoms with van der Waals surface area (Å²) in [5.74, 6) is 3.95. The van der Waals surface area contributed by atoms with Gasteiger partial charge >= 0.3 is 0 Å². The molecule has 0 N–H and O–H groups in total. The van der Waals surface area contributed by atoms with E-state index in [-0.39, 0.29) is 0 Å². The molecule has 106 valence electrons. The van der Waals surface area contributed by atoms with E-state index in [2.05, 4.69) is 52.0 Å². The normalized spacial score (nSPS) is 15.6. The molecular formula is C16H30S2. The Balaban J connectivity index is 3.30. The Morgan fingerprint density at radius 3 is 1.44 bits per heavy atom. The van der Waals surface area contributed by atoms with Crippen molar-refractivity contribution >= 4 is 21.6 Å². The number of hydrogen-bond acceptors (Lipinski definition) is 2. The summed E-state index contributed by atoms with van der Waals surface area (Å²) in [7, 11) is 3.91. The van der Waals surface area contributed by atoms with Gasteiger partial charge in [-0.2, -0.15) is 0 Å². The summed E-state index contributed by atoms with van der Waals surface area (Å²) < 4.78 is 0. The van der Waals surface area contributed by atoms with E-state index in [0.717, 1.165) is 23.3 Å². The van der Waals surface area contributed by atoms with Crippen molar-refractivity contribution in [3.8, 4) is 0 Å². The van der Waals surface area contributed by atoms with Crippen LogP contribution < -0.4 is 0 Å². The molecule has 0 aromatic carbocycles. The molecule has 0 bridgehead atoms. The molecule has 0 saturated heterocycles. The third-order valence-electron chi connectivity index (χ3n) is 3.22. The van der Waals surface area contributed by atoms with Gasteiger partial charge in [0.25, 0.3) is 0 Å².